The van der Waals surface area contributed by atoms with Crippen LogP contribution in [0.5, 0.6) is 0 Å². The SMILES string of the molecule is CC1CCN(C(C)C(=O)Nc2ccc(N)cc2Cl)C(C)C1. The molecule has 3 atom stereocenters. The first-order valence-corrected chi connectivity index (χ1v) is 7.88. The largest absolute Gasteiger partial charge is 0.399 e. The number of rotatable bonds is 3. The molecule has 0 spiro atoms. The Kier molecular flexibility index (Phi) is 5.12. The van der Waals surface area contributed by atoms with Gasteiger partial charge < -0.3 is 11.1 Å². The van der Waals surface area contributed by atoms with Gasteiger partial charge in [0.2, 0.25) is 5.91 Å². The minimum atomic E-state index is -0.166. The lowest BCUT2D eigenvalue weighted by Gasteiger charge is -2.39. The van der Waals surface area contributed by atoms with Crippen molar-refractivity contribution in [1.82, 2.24) is 4.90 Å². The number of piperidine rings is 1. The highest BCUT2D eigenvalue weighted by molar-refractivity contribution is 6.34. The molecule has 1 aromatic rings. The van der Waals surface area contributed by atoms with Crippen LogP contribution < -0.4 is 11.1 Å². The molecule has 21 heavy (non-hydrogen) atoms. The third kappa shape index (κ3) is 3.89. The van der Waals surface area contributed by atoms with Gasteiger partial charge >= 0.3 is 0 Å². The highest BCUT2D eigenvalue weighted by Gasteiger charge is 2.30. The van der Waals surface area contributed by atoms with E-state index in [1.54, 1.807) is 18.2 Å². The molecule has 1 aliphatic heterocycles. The lowest BCUT2D eigenvalue weighted by atomic mass is 9.92. The van der Waals surface area contributed by atoms with Gasteiger partial charge in [-0.25, -0.2) is 0 Å². The van der Waals surface area contributed by atoms with Crippen molar-refractivity contribution in [3.63, 3.8) is 0 Å². The van der Waals surface area contributed by atoms with E-state index in [0.29, 0.717) is 22.4 Å². The van der Waals surface area contributed by atoms with Gasteiger partial charge in [0.05, 0.1) is 16.8 Å². The smallest absolute Gasteiger partial charge is 0.241 e. The van der Waals surface area contributed by atoms with E-state index in [0.717, 1.165) is 25.3 Å². The second kappa shape index (κ2) is 6.67. The first kappa shape index (κ1) is 16.1. The van der Waals surface area contributed by atoms with Gasteiger partial charge in [0.1, 0.15) is 0 Å². The van der Waals surface area contributed by atoms with E-state index >= 15 is 0 Å². The van der Waals surface area contributed by atoms with Crippen LogP contribution in [0.2, 0.25) is 5.02 Å². The van der Waals surface area contributed by atoms with Crippen LogP contribution in [0.3, 0.4) is 0 Å². The number of benzene rings is 1. The number of nitrogen functional groups attached to an aromatic ring is 1. The Balaban J connectivity index is 2.02. The van der Waals surface area contributed by atoms with Gasteiger partial charge in [-0.1, -0.05) is 18.5 Å². The van der Waals surface area contributed by atoms with E-state index in [1.807, 2.05) is 6.92 Å². The van der Waals surface area contributed by atoms with Crippen molar-refractivity contribution in [3.8, 4) is 0 Å². The summed E-state index contributed by atoms with van der Waals surface area (Å²) < 4.78 is 0. The number of nitrogens with zero attached hydrogens (tertiary/aromatic N) is 1. The zero-order valence-corrected chi connectivity index (χ0v) is 13.7. The van der Waals surface area contributed by atoms with Crippen LogP contribution in [0.15, 0.2) is 18.2 Å². The summed E-state index contributed by atoms with van der Waals surface area (Å²) >= 11 is 6.10. The summed E-state index contributed by atoms with van der Waals surface area (Å²) in [5.41, 5.74) is 6.86. The fraction of sp³-hybridized carbons (Fsp3) is 0.562. The van der Waals surface area contributed by atoms with E-state index < -0.39 is 0 Å². The number of amides is 1. The number of anilines is 2. The maximum absolute atomic E-state index is 12.4. The lowest BCUT2D eigenvalue weighted by molar-refractivity contribution is -0.122. The molecule has 5 heteroatoms. The summed E-state index contributed by atoms with van der Waals surface area (Å²) in [6, 6.07) is 5.38. The number of carbonyl (C=O) groups is 1. The molecule has 1 aromatic carbocycles. The van der Waals surface area contributed by atoms with Crippen LogP contribution in [0.1, 0.15) is 33.6 Å². The van der Waals surface area contributed by atoms with Crippen molar-refractivity contribution < 1.29 is 4.79 Å². The Hall–Kier alpha value is -1.26. The maximum atomic E-state index is 12.4. The second-order valence-corrected chi connectivity index (χ2v) is 6.53. The predicted molar refractivity (Wildman–Crippen MR) is 88.5 cm³/mol. The molecule has 0 aromatic heterocycles. The second-order valence-electron chi connectivity index (χ2n) is 6.12. The van der Waals surface area contributed by atoms with Crippen LogP contribution in [0, 0.1) is 5.92 Å². The third-order valence-corrected chi connectivity index (χ3v) is 4.63. The van der Waals surface area contributed by atoms with Crippen molar-refractivity contribution in [2.75, 3.05) is 17.6 Å². The van der Waals surface area contributed by atoms with Crippen molar-refractivity contribution in [2.45, 2.75) is 45.7 Å². The third-order valence-electron chi connectivity index (χ3n) is 4.32. The molecule has 0 radical (unpaired) electrons. The summed E-state index contributed by atoms with van der Waals surface area (Å²) in [6.07, 6.45) is 2.28. The number of hydrogen-bond donors (Lipinski definition) is 2. The van der Waals surface area contributed by atoms with Gasteiger partial charge in [-0.15, -0.1) is 0 Å². The van der Waals surface area contributed by atoms with Crippen molar-refractivity contribution in [1.29, 1.82) is 0 Å². The normalized spacial score (nSPS) is 24.6. The van der Waals surface area contributed by atoms with Gasteiger partial charge in [0.15, 0.2) is 0 Å². The number of carbonyl (C=O) groups excluding carboxylic acids is 1. The molecule has 1 saturated heterocycles. The molecule has 116 valence electrons. The van der Waals surface area contributed by atoms with Crippen LogP contribution >= 0.6 is 11.6 Å². The molecule has 0 saturated carbocycles. The van der Waals surface area contributed by atoms with Crippen LogP contribution in [-0.4, -0.2) is 29.4 Å². The van der Waals surface area contributed by atoms with E-state index in [2.05, 4.69) is 24.1 Å². The number of halogens is 1. The summed E-state index contributed by atoms with van der Waals surface area (Å²) in [4.78, 5) is 14.7. The molecular formula is C16H24ClN3O. The average Bonchev–Trinajstić information content (AvgIpc) is 2.41. The molecule has 2 rings (SSSR count). The summed E-state index contributed by atoms with van der Waals surface area (Å²) in [6.45, 7) is 7.38. The Labute approximate surface area is 131 Å². The van der Waals surface area contributed by atoms with E-state index in [4.69, 9.17) is 17.3 Å². The van der Waals surface area contributed by atoms with E-state index in [-0.39, 0.29) is 11.9 Å². The molecule has 3 N–H and O–H groups in total. The topological polar surface area (TPSA) is 58.4 Å². The van der Waals surface area contributed by atoms with Crippen molar-refractivity contribution in [2.24, 2.45) is 5.92 Å². The Morgan fingerprint density at radius 3 is 2.81 bits per heavy atom. The molecule has 1 amide bonds. The fourth-order valence-corrected chi connectivity index (χ4v) is 3.26. The monoisotopic (exact) mass is 309 g/mol. The van der Waals surface area contributed by atoms with E-state index in [1.165, 1.54) is 0 Å². The van der Waals surface area contributed by atoms with Gasteiger partial charge in [-0.05, 0) is 57.4 Å². The molecule has 0 aliphatic carbocycles. The van der Waals surface area contributed by atoms with Gasteiger partial charge in [-0.3, -0.25) is 9.69 Å². The maximum Gasteiger partial charge on any atom is 0.241 e. The van der Waals surface area contributed by atoms with Crippen LogP contribution in [0.4, 0.5) is 11.4 Å². The first-order valence-electron chi connectivity index (χ1n) is 7.50. The Morgan fingerprint density at radius 2 is 2.19 bits per heavy atom. The molecule has 1 heterocycles. The fourth-order valence-electron chi connectivity index (χ4n) is 3.02. The molecule has 1 aliphatic rings. The minimum Gasteiger partial charge on any atom is -0.399 e. The highest BCUT2D eigenvalue weighted by Crippen LogP contribution is 2.26. The summed E-state index contributed by atoms with van der Waals surface area (Å²) in [5.74, 6) is 0.709. The standard InChI is InChI=1S/C16H24ClN3O/c1-10-6-7-20(11(2)8-10)12(3)16(21)19-15-5-4-13(18)9-14(15)17/h4-5,9-12H,6-8,18H2,1-3H3,(H,19,21). The Morgan fingerprint density at radius 1 is 1.48 bits per heavy atom. The van der Waals surface area contributed by atoms with Crippen molar-refractivity contribution in [3.05, 3.63) is 23.2 Å². The quantitative estimate of drug-likeness (QED) is 0.842. The molecule has 1 fully saturated rings. The van der Waals surface area contributed by atoms with E-state index in [9.17, 15) is 4.79 Å². The summed E-state index contributed by atoms with van der Waals surface area (Å²) in [7, 11) is 0. The van der Waals surface area contributed by atoms with Gasteiger partial charge in [0, 0.05) is 11.7 Å². The van der Waals surface area contributed by atoms with Crippen LogP contribution in [-0.2, 0) is 4.79 Å². The van der Waals surface area contributed by atoms with Gasteiger partial charge in [-0.2, -0.15) is 0 Å². The molecular weight excluding hydrogens is 286 g/mol. The summed E-state index contributed by atoms with van der Waals surface area (Å²) in [5, 5.41) is 3.37. The number of nitrogens with one attached hydrogen (secondary N) is 1. The van der Waals surface area contributed by atoms with Crippen LogP contribution in [0.25, 0.3) is 0 Å². The average molecular weight is 310 g/mol. The zero-order valence-electron chi connectivity index (χ0n) is 12.9. The zero-order chi connectivity index (χ0) is 15.6. The number of likely N-dealkylation sites (tertiary alicyclic amines) is 1. The Bertz CT molecular complexity index is 520. The molecule has 0 bridgehead atoms. The lowest BCUT2D eigenvalue weighted by Crippen LogP contribution is -2.50. The van der Waals surface area contributed by atoms with Crippen molar-refractivity contribution >= 4 is 28.9 Å². The number of nitrogens with two attached hydrogens (primary N) is 1. The molecule has 4 nitrogen and oxygen atoms in total. The molecule has 3 unspecified atom stereocenters. The van der Waals surface area contributed by atoms with Gasteiger partial charge in [0.25, 0.3) is 0 Å². The first-order chi connectivity index (χ1) is 9.88. The predicted octanol–water partition coefficient (Wildman–Crippen LogP) is 3.37. The highest BCUT2D eigenvalue weighted by atomic mass is 35.5. The minimum absolute atomic E-state index is 0.0249. The number of hydrogen-bond acceptors (Lipinski definition) is 3.